The Labute approximate surface area is 76.1 Å². The summed E-state index contributed by atoms with van der Waals surface area (Å²) in [5.41, 5.74) is 0. The van der Waals surface area contributed by atoms with E-state index in [-0.39, 0.29) is 6.54 Å². The van der Waals surface area contributed by atoms with Crippen LogP contribution in [0.3, 0.4) is 0 Å². The van der Waals surface area contributed by atoms with Crippen LogP contribution >= 0.6 is 0 Å². The van der Waals surface area contributed by atoms with Crippen LogP contribution in [-0.2, 0) is 9.59 Å². The largest absolute Gasteiger partial charge is 0.358 e. The van der Waals surface area contributed by atoms with E-state index in [4.69, 9.17) is 7.85 Å². The van der Waals surface area contributed by atoms with Gasteiger partial charge in [0.1, 0.15) is 14.4 Å². The highest BCUT2D eigenvalue weighted by atomic mass is 16.2. The van der Waals surface area contributed by atoms with Crippen molar-refractivity contribution in [3.8, 4) is 0 Å². The second-order valence-electron chi connectivity index (χ2n) is 2.52. The second kappa shape index (κ2) is 3.46. The van der Waals surface area contributed by atoms with Gasteiger partial charge in [0.05, 0.1) is 5.94 Å². The molecule has 0 aliphatic carbocycles. The summed E-state index contributed by atoms with van der Waals surface area (Å²) in [4.78, 5) is 33.7. The lowest BCUT2D eigenvalue weighted by molar-refractivity contribution is -0.131. The Hall–Kier alpha value is -1.53. The molecule has 4 amide bonds. The molecule has 0 aromatic carbocycles. The van der Waals surface area contributed by atoms with Gasteiger partial charge in [0.2, 0.25) is 11.8 Å². The molecule has 1 saturated heterocycles. The van der Waals surface area contributed by atoms with E-state index >= 15 is 0 Å². The van der Waals surface area contributed by atoms with Gasteiger partial charge < -0.3 is 10.6 Å². The zero-order chi connectivity index (χ0) is 10.0. The molecule has 1 atom stereocenters. The number of carbonyl (C=O) groups excluding carboxylic acids is 3. The topological polar surface area (TPSA) is 78.5 Å². The third-order valence-electron chi connectivity index (χ3n) is 1.64. The molecule has 0 aromatic heterocycles. The molecule has 68 valence electrons. The van der Waals surface area contributed by atoms with Crippen LogP contribution in [0.25, 0.3) is 0 Å². The van der Waals surface area contributed by atoms with Gasteiger partial charge in [-0.1, -0.05) is 0 Å². The lowest BCUT2D eigenvalue weighted by Crippen LogP contribution is -2.40. The molecule has 0 bridgehead atoms. The number of amides is 4. The fourth-order valence-corrected chi connectivity index (χ4v) is 0.913. The first-order valence-electron chi connectivity index (χ1n) is 3.64. The van der Waals surface area contributed by atoms with E-state index in [0.29, 0.717) is 0 Å². The zero-order valence-corrected chi connectivity index (χ0v) is 7.03. The molecule has 0 unspecified atom stereocenters. The van der Waals surface area contributed by atoms with Gasteiger partial charge in [-0.25, -0.2) is 4.79 Å². The molecule has 1 rings (SSSR count). The van der Waals surface area contributed by atoms with E-state index in [1.807, 2.05) is 0 Å². The Bertz CT molecular complexity index is 268. The van der Waals surface area contributed by atoms with Gasteiger partial charge in [-0.15, -0.1) is 0 Å². The number of likely N-dealkylation sites (N-methyl/N-ethyl adjacent to an activating group) is 1. The number of imide groups is 1. The number of rotatable bonds is 2. The molecule has 7 heteroatoms. The first kappa shape index (κ1) is 9.56. The number of carbonyl (C=O) groups is 3. The Morgan fingerprint density at radius 1 is 1.69 bits per heavy atom. The third-order valence-corrected chi connectivity index (χ3v) is 1.64. The summed E-state index contributed by atoms with van der Waals surface area (Å²) in [6.07, 6.45) is 0. The minimum atomic E-state index is -1.03. The first-order chi connectivity index (χ1) is 6.06. The molecule has 1 fully saturated rings. The van der Waals surface area contributed by atoms with Gasteiger partial charge in [-0.05, 0) is 0 Å². The van der Waals surface area contributed by atoms with Crippen LogP contribution in [0.15, 0.2) is 0 Å². The number of nitrogens with zero attached hydrogens (tertiary/aromatic N) is 1. The van der Waals surface area contributed by atoms with Crippen LogP contribution in [0.2, 0.25) is 0 Å². The first-order valence-corrected chi connectivity index (χ1v) is 3.64. The highest BCUT2D eigenvalue weighted by molar-refractivity contribution is 6.29. The molecule has 6 nitrogen and oxygen atoms in total. The smallest absolute Gasteiger partial charge is 0.324 e. The maximum absolute atomic E-state index is 11.1. The van der Waals surface area contributed by atoms with Crippen molar-refractivity contribution in [3.63, 3.8) is 0 Å². The van der Waals surface area contributed by atoms with E-state index < -0.39 is 23.8 Å². The van der Waals surface area contributed by atoms with E-state index in [1.165, 1.54) is 7.05 Å². The molecule has 0 spiro atoms. The van der Waals surface area contributed by atoms with Crippen molar-refractivity contribution in [2.24, 2.45) is 0 Å². The zero-order valence-electron chi connectivity index (χ0n) is 7.03. The summed E-state index contributed by atoms with van der Waals surface area (Å²) in [6.45, 7) is -0.297. The SMILES string of the molecule is [B][C@H]1NC(=O)N(CC(=O)NC)C1=O. The predicted molar refractivity (Wildman–Crippen MR) is 43.9 cm³/mol. The van der Waals surface area contributed by atoms with E-state index in [0.717, 1.165) is 4.90 Å². The van der Waals surface area contributed by atoms with Crippen molar-refractivity contribution >= 4 is 25.7 Å². The Morgan fingerprint density at radius 2 is 2.31 bits per heavy atom. The lowest BCUT2D eigenvalue weighted by Gasteiger charge is -2.10. The summed E-state index contributed by atoms with van der Waals surface area (Å²) in [7, 11) is 6.64. The molecular formula is C6H8BN3O3. The van der Waals surface area contributed by atoms with Crippen molar-refractivity contribution in [2.75, 3.05) is 13.6 Å². The molecule has 13 heavy (non-hydrogen) atoms. The van der Waals surface area contributed by atoms with Crippen molar-refractivity contribution in [2.45, 2.75) is 5.94 Å². The summed E-state index contributed by atoms with van der Waals surface area (Å²) in [6, 6.07) is -0.638. The minimum Gasteiger partial charge on any atom is -0.358 e. The van der Waals surface area contributed by atoms with Crippen molar-refractivity contribution in [1.29, 1.82) is 0 Å². The second-order valence-corrected chi connectivity index (χ2v) is 2.52. The predicted octanol–water partition coefficient (Wildman–Crippen LogP) is -2.22. The third kappa shape index (κ3) is 1.79. The Morgan fingerprint density at radius 3 is 2.69 bits per heavy atom. The van der Waals surface area contributed by atoms with Gasteiger partial charge in [0.15, 0.2) is 0 Å². The van der Waals surface area contributed by atoms with Gasteiger partial charge in [-0.2, -0.15) is 0 Å². The van der Waals surface area contributed by atoms with E-state index in [2.05, 4.69) is 10.6 Å². The summed E-state index contributed by atoms with van der Waals surface area (Å²) in [5, 5.41) is 4.48. The number of hydrogen-bond donors (Lipinski definition) is 2. The van der Waals surface area contributed by atoms with Gasteiger partial charge >= 0.3 is 6.03 Å². The van der Waals surface area contributed by atoms with E-state index in [9.17, 15) is 14.4 Å². The van der Waals surface area contributed by atoms with Crippen molar-refractivity contribution in [3.05, 3.63) is 0 Å². The Kier molecular flexibility index (Phi) is 2.55. The molecule has 1 aliphatic rings. The average molecular weight is 181 g/mol. The average Bonchev–Trinajstić information content (AvgIpc) is 2.32. The maximum Gasteiger partial charge on any atom is 0.324 e. The van der Waals surface area contributed by atoms with Crippen LogP contribution in [0.4, 0.5) is 4.79 Å². The van der Waals surface area contributed by atoms with Gasteiger partial charge in [0, 0.05) is 7.05 Å². The van der Waals surface area contributed by atoms with Crippen LogP contribution in [0, 0.1) is 0 Å². The summed E-state index contributed by atoms with van der Waals surface area (Å²) >= 11 is 0. The normalized spacial score (nSPS) is 21.6. The summed E-state index contributed by atoms with van der Waals surface area (Å²) in [5.74, 6) is -2.04. The van der Waals surface area contributed by atoms with Crippen LogP contribution in [0.1, 0.15) is 0 Å². The monoisotopic (exact) mass is 181 g/mol. The fraction of sp³-hybridized carbons (Fsp3) is 0.500. The van der Waals surface area contributed by atoms with Gasteiger partial charge in [-0.3, -0.25) is 14.5 Å². The lowest BCUT2D eigenvalue weighted by atomic mass is 9.97. The molecule has 2 radical (unpaired) electrons. The highest BCUT2D eigenvalue weighted by Crippen LogP contribution is 2.02. The van der Waals surface area contributed by atoms with Crippen LogP contribution in [0.5, 0.6) is 0 Å². The maximum atomic E-state index is 11.1. The number of urea groups is 1. The van der Waals surface area contributed by atoms with Crippen LogP contribution < -0.4 is 10.6 Å². The molecule has 1 aliphatic heterocycles. The summed E-state index contributed by atoms with van der Waals surface area (Å²) < 4.78 is 0. The fourth-order valence-electron chi connectivity index (χ4n) is 0.913. The Balaban J connectivity index is 2.64. The highest BCUT2D eigenvalue weighted by Gasteiger charge is 2.35. The van der Waals surface area contributed by atoms with Gasteiger partial charge in [0.25, 0.3) is 0 Å². The molecular weight excluding hydrogens is 173 g/mol. The molecule has 1 heterocycles. The molecule has 0 aromatic rings. The molecule has 0 saturated carbocycles. The molecule has 2 N–H and O–H groups in total. The number of nitrogens with one attached hydrogen (secondary N) is 2. The standard InChI is InChI=1S/C6H8BN3O3/c1-8-3(11)2-10-5(12)4(7)9-6(10)13/h4H,2H2,1H3,(H,8,11)(H,9,13)/t4-/m0/s1. The minimum absolute atomic E-state index is 0.297. The number of hydrogen-bond acceptors (Lipinski definition) is 3. The van der Waals surface area contributed by atoms with Crippen molar-refractivity contribution in [1.82, 2.24) is 15.5 Å². The quantitative estimate of drug-likeness (QED) is 0.374. The van der Waals surface area contributed by atoms with Crippen LogP contribution in [-0.4, -0.2) is 50.1 Å². The van der Waals surface area contributed by atoms with Crippen molar-refractivity contribution < 1.29 is 14.4 Å². The van der Waals surface area contributed by atoms with E-state index in [1.54, 1.807) is 0 Å².